The Balaban J connectivity index is 0.000000640. The molecule has 0 aliphatic rings. The standard InChI is InChI=1S/C6H10N2.BrH/c1-3-6-4-7-5-8(6)2;/h4-5H,3H2,1-2H3;1H. The van der Waals surface area contributed by atoms with Crippen LogP contribution in [0.1, 0.15) is 12.6 Å². The molecule has 52 valence electrons. The second kappa shape index (κ2) is 3.67. The highest BCUT2D eigenvalue weighted by Gasteiger charge is 1.89. The summed E-state index contributed by atoms with van der Waals surface area (Å²) in [5.74, 6) is 0. The Morgan fingerprint density at radius 2 is 2.33 bits per heavy atom. The quantitative estimate of drug-likeness (QED) is 0.658. The van der Waals surface area contributed by atoms with E-state index in [0.29, 0.717) is 0 Å². The first-order valence-corrected chi connectivity index (χ1v) is 2.79. The van der Waals surface area contributed by atoms with Gasteiger partial charge in [0.05, 0.1) is 6.33 Å². The van der Waals surface area contributed by atoms with Gasteiger partial charge in [0.25, 0.3) is 0 Å². The number of imidazole rings is 1. The van der Waals surface area contributed by atoms with Gasteiger partial charge in [-0.05, 0) is 6.42 Å². The lowest BCUT2D eigenvalue weighted by Crippen LogP contribution is -1.90. The van der Waals surface area contributed by atoms with Gasteiger partial charge in [-0.3, -0.25) is 0 Å². The molecule has 9 heavy (non-hydrogen) atoms. The number of aryl methyl sites for hydroxylation is 2. The first-order chi connectivity index (χ1) is 3.84. The van der Waals surface area contributed by atoms with Gasteiger partial charge >= 0.3 is 0 Å². The zero-order chi connectivity index (χ0) is 5.98. The molecule has 0 aliphatic heterocycles. The average Bonchev–Trinajstić information content (AvgIpc) is 2.14. The summed E-state index contributed by atoms with van der Waals surface area (Å²) in [4.78, 5) is 3.96. The van der Waals surface area contributed by atoms with E-state index in [1.54, 1.807) is 0 Å². The first-order valence-electron chi connectivity index (χ1n) is 2.79. The Labute approximate surface area is 65.7 Å². The van der Waals surface area contributed by atoms with E-state index in [9.17, 15) is 0 Å². The van der Waals surface area contributed by atoms with E-state index < -0.39 is 0 Å². The summed E-state index contributed by atoms with van der Waals surface area (Å²) in [6, 6.07) is 0. The number of rotatable bonds is 1. The molecule has 0 N–H and O–H groups in total. The smallest absolute Gasteiger partial charge is 0.0945 e. The van der Waals surface area contributed by atoms with Crippen molar-refractivity contribution in [1.29, 1.82) is 0 Å². The Morgan fingerprint density at radius 3 is 2.56 bits per heavy atom. The molecule has 0 saturated carbocycles. The molecule has 0 aliphatic carbocycles. The Morgan fingerprint density at radius 1 is 1.67 bits per heavy atom. The zero-order valence-corrected chi connectivity index (χ0v) is 7.38. The lowest BCUT2D eigenvalue weighted by molar-refractivity contribution is 0.833. The fourth-order valence-corrected chi connectivity index (χ4v) is 0.725. The van der Waals surface area contributed by atoms with Gasteiger partial charge in [-0.25, -0.2) is 4.98 Å². The zero-order valence-electron chi connectivity index (χ0n) is 5.66. The topological polar surface area (TPSA) is 17.8 Å². The van der Waals surface area contributed by atoms with Crippen molar-refractivity contribution in [3.05, 3.63) is 18.2 Å². The van der Waals surface area contributed by atoms with Crippen molar-refractivity contribution in [3.8, 4) is 0 Å². The highest BCUT2D eigenvalue weighted by Crippen LogP contribution is 1.94. The van der Waals surface area contributed by atoms with E-state index in [2.05, 4.69) is 11.9 Å². The number of aromatic nitrogens is 2. The molecule has 0 amide bonds. The van der Waals surface area contributed by atoms with E-state index in [-0.39, 0.29) is 17.0 Å². The normalized spacial score (nSPS) is 8.67. The fraction of sp³-hybridized carbons (Fsp3) is 0.500. The lowest BCUT2D eigenvalue weighted by atomic mass is 10.4. The Hall–Kier alpha value is -0.310. The molecule has 0 spiro atoms. The molecule has 1 rings (SSSR count). The number of hydrogen-bond acceptors (Lipinski definition) is 1. The summed E-state index contributed by atoms with van der Waals surface area (Å²) in [5, 5.41) is 0. The van der Waals surface area contributed by atoms with Gasteiger partial charge in [-0.1, -0.05) is 6.92 Å². The van der Waals surface area contributed by atoms with Crippen molar-refractivity contribution < 1.29 is 0 Å². The van der Waals surface area contributed by atoms with Crippen LogP contribution in [0.15, 0.2) is 12.5 Å². The third-order valence-electron chi connectivity index (χ3n) is 1.28. The van der Waals surface area contributed by atoms with E-state index >= 15 is 0 Å². The molecule has 1 aromatic heterocycles. The third kappa shape index (κ3) is 1.82. The van der Waals surface area contributed by atoms with Crippen molar-refractivity contribution in [2.45, 2.75) is 13.3 Å². The summed E-state index contributed by atoms with van der Waals surface area (Å²) < 4.78 is 2.03. The predicted octanol–water partition coefficient (Wildman–Crippen LogP) is 1.56. The molecule has 0 atom stereocenters. The minimum Gasteiger partial charge on any atom is -0.338 e. The van der Waals surface area contributed by atoms with Gasteiger partial charge in [-0.2, -0.15) is 0 Å². The van der Waals surface area contributed by atoms with E-state index in [0.717, 1.165) is 6.42 Å². The van der Waals surface area contributed by atoms with Crippen LogP contribution in [0.5, 0.6) is 0 Å². The monoisotopic (exact) mass is 190 g/mol. The van der Waals surface area contributed by atoms with Crippen molar-refractivity contribution in [3.63, 3.8) is 0 Å². The summed E-state index contributed by atoms with van der Waals surface area (Å²) in [5.41, 5.74) is 1.28. The average molecular weight is 191 g/mol. The molecular formula is C6H11BrN2. The van der Waals surface area contributed by atoms with Crippen molar-refractivity contribution >= 4 is 17.0 Å². The Kier molecular flexibility index (Phi) is 3.54. The minimum atomic E-state index is 0. The molecule has 0 radical (unpaired) electrons. The van der Waals surface area contributed by atoms with E-state index in [1.165, 1.54) is 5.69 Å². The van der Waals surface area contributed by atoms with Crippen molar-refractivity contribution in [2.24, 2.45) is 7.05 Å². The van der Waals surface area contributed by atoms with Crippen molar-refractivity contribution in [2.75, 3.05) is 0 Å². The molecule has 1 heterocycles. The van der Waals surface area contributed by atoms with E-state index in [1.807, 2.05) is 24.1 Å². The SMILES string of the molecule is Br.CCc1cncn1C. The molecule has 2 nitrogen and oxygen atoms in total. The largest absolute Gasteiger partial charge is 0.338 e. The van der Waals surface area contributed by atoms with Crippen LogP contribution in [0, 0.1) is 0 Å². The first kappa shape index (κ1) is 8.69. The van der Waals surface area contributed by atoms with Crippen LogP contribution in [0.25, 0.3) is 0 Å². The van der Waals surface area contributed by atoms with Crippen LogP contribution in [-0.4, -0.2) is 9.55 Å². The molecule has 0 saturated heterocycles. The van der Waals surface area contributed by atoms with Crippen molar-refractivity contribution in [1.82, 2.24) is 9.55 Å². The van der Waals surface area contributed by atoms with Gasteiger partial charge < -0.3 is 4.57 Å². The molecule has 0 unspecified atom stereocenters. The van der Waals surface area contributed by atoms with Gasteiger partial charge in [0, 0.05) is 18.9 Å². The number of halogens is 1. The second-order valence-electron chi connectivity index (χ2n) is 1.85. The molecule has 0 aromatic carbocycles. The van der Waals surface area contributed by atoms with Gasteiger partial charge in [0.15, 0.2) is 0 Å². The van der Waals surface area contributed by atoms with Crippen LogP contribution in [-0.2, 0) is 13.5 Å². The molecule has 1 aromatic rings. The van der Waals surface area contributed by atoms with Crippen LogP contribution >= 0.6 is 17.0 Å². The van der Waals surface area contributed by atoms with Gasteiger partial charge in [0.2, 0.25) is 0 Å². The fourth-order valence-electron chi connectivity index (χ4n) is 0.725. The molecule has 0 bridgehead atoms. The van der Waals surface area contributed by atoms with Crippen LogP contribution in [0.3, 0.4) is 0 Å². The molecule has 0 fully saturated rings. The summed E-state index contributed by atoms with van der Waals surface area (Å²) >= 11 is 0. The number of nitrogens with zero attached hydrogens (tertiary/aromatic N) is 2. The third-order valence-corrected chi connectivity index (χ3v) is 1.28. The van der Waals surface area contributed by atoms with Gasteiger partial charge in [0.1, 0.15) is 0 Å². The summed E-state index contributed by atoms with van der Waals surface area (Å²) in [6.45, 7) is 2.12. The van der Waals surface area contributed by atoms with Gasteiger partial charge in [-0.15, -0.1) is 17.0 Å². The number of hydrogen-bond donors (Lipinski definition) is 0. The van der Waals surface area contributed by atoms with Crippen LogP contribution < -0.4 is 0 Å². The highest BCUT2D eigenvalue weighted by atomic mass is 79.9. The summed E-state index contributed by atoms with van der Waals surface area (Å²) in [7, 11) is 2.01. The van der Waals surface area contributed by atoms with Crippen LogP contribution in [0.4, 0.5) is 0 Å². The maximum atomic E-state index is 3.96. The highest BCUT2D eigenvalue weighted by molar-refractivity contribution is 8.93. The maximum Gasteiger partial charge on any atom is 0.0945 e. The second-order valence-corrected chi connectivity index (χ2v) is 1.85. The van der Waals surface area contributed by atoms with E-state index in [4.69, 9.17) is 0 Å². The molecule has 3 heteroatoms. The lowest BCUT2D eigenvalue weighted by Gasteiger charge is -1.93. The van der Waals surface area contributed by atoms with Crippen LogP contribution in [0.2, 0.25) is 0 Å². The summed E-state index contributed by atoms with van der Waals surface area (Å²) in [6.07, 6.45) is 4.77. The Bertz CT molecular complexity index is 171. The maximum absolute atomic E-state index is 3.96. The molecular weight excluding hydrogens is 180 g/mol. The minimum absolute atomic E-state index is 0. The predicted molar refractivity (Wildman–Crippen MR) is 42.9 cm³/mol.